The zero-order valence-electron chi connectivity index (χ0n) is 10.4. The van der Waals surface area contributed by atoms with E-state index in [1.807, 2.05) is 0 Å². The van der Waals surface area contributed by atoms with Gasteiger partial charge in [0.05, 0.1) is 0 Å². The predicted octanol–water partition coefficient (Wildman–Crippen LogP) is 3.30. The number of rotatable bonds is 4. The monoisotopic (exact) mass is 227 g/mol. The van der Waals surface area contributed by atoms with Crippen LogP contribution >= 0.6 is 11.8 Å². The first-order valence-electron chi connectivity index (χ1n) is 6.47. The van der Waals surface area contributed by atoms with Crippen molar-refractivity contribution in [1.82, 2.24) is 5.32 Å². The Hall–Kier alpha value is 0.310. The van der Waals surface area contributed by atoms with Crippen LogP contribution in [0.15, 0.2) is 0 Å². The molecule has 2 rings (SSSR count). The van der Waals surface area contributed by atoms with E-state index in [1.54, 1.807) is 0 Å². The molecule has 88 valence electrons. The Kier molecular flexibility index (Phi) is 3.67. The van der Waals surface area contributed by atoms with Gasteiger partial charge in [0.25, 0.3) is 0 Å². The largest absolute Gasteiger partial charge is 0.310 e. The molecule has 15 heavy (non-hydrogen) atoms. The Bertz CT molecular complexity index is 215. The molecule has 0 spiro atoms. The zero-order chi connectivity index (χ0) is 10.9. The highest BCUT2D eigenvalue weighted by molar-refractivity contribution is 7.99. The lowest BCUT2D eigenvalue weighted by Crippen LogP contribution is -2.47. The summed E-state index contributed by atoms with van der Waals surface area (Å²) < 4.78 is 0. The van der Waals surface area contributed by atoms with Gasteiger partial charge in [-0.05, 0) is 36.3 Å². The molecule has 1 aliphatic heterocycles. The second-order valence-corrected chi connectivity index (χ2v) is 7.07. The van der Waals surface area contributed by atoms with Gasteiger partial charge < -0.3 is 5.32 Å². The summed E-state index contributed by atoms with van der Waals surface area (Å²) in [6.07, 6.45) is 5.59. The molecule has 0 amide bonds. The lowest BCUT2D eigenvalue weighted by molar-refractivity contribution is 0.241. The molecule has 3 atom stereocenters. The highest BCUT2D eigenvalue weighted by Crippen LogP contribution is 2.39. The summed E-state index contributed by atoms with van der Waals surface area (Å²) in [7, 11) is 0. The van der Waals surface area contributed by atoms with E-state index >= 15 is 0 Å². The summed E-state index contributed by atoms with van der Waals surface area (Å²) >= 11 is 2.13. The molecule has 0 aromatic heterocycles. The van der Waals surface area contributed by atoms with E-state index < -0.39 is 0 Å². The number of hydrogen-bond donors (Lipinski definition) is 1. The zero-order valence-corrected chi connectivity index (χ0v) is 11.2. The Morgan fingerprint density at radius 3 is 2.87 bits per heavy atom. The van der Waals surface area contributed by atoms with Crippen molar-refractivity contribution in [2.75, 3.05) is 11.5 Å². The van der Waals surface area contributed by atoms with Gasteiger partial charge >= 0.3 is 0 Å². The molecule has 1 nitrogen and oxygen atoms in total. The first-order chi connectivity index (χ1) is 7.13. The van der Waals surface area contributed by atoms with E-state index in [0.717, 1.165) is 18.0 Å². The second-order valence-electron chi connectivity index (χ2n) is 5.92. The molecule has 2 fully saturated rings. The van der Waals surface area contributed by atoms with Crippen molar-refractivity contribution in [3.8, 4) is 0 Å². The topological polar surface area (TPSA) is 12.0 Å². The summed E-state index contributed by atoms with van der Waals surface area (Å²) in [5.74, 6) is 3.68. The van der Waals surface area contributed by atoms with Crippen LogP contribution in [-0.4, -0.2) is 23.6 Å². The fraction of sp³-hybridized carbons (Fsp3) is 1.00. The van der Waals surface area contributed by atoms with Crippen molar-refractivity contribution in [3.05, 3.63) is 0 Å². The SMILES string of the molecule is CCCC1CC1NC1CSCCC1(C)C. The van der Waals surface area contributed by atoms with E-state index in [1.165, 1.54) is 37.2 Å². The summed E-state index contributed by atoms with van der Waals surface area (Å²) in [6, 6.07) is 1.61. The molecule has 0 aromatic carbocycles. The van der Waals surface area contributed by atoms with Crippen molar-refractivity contribution in [2.45, 2.75) is 58.5 Å². The third-order valence-electron chi connectivity index (χ3n) is 4.12. The van der Waals surface area contributed by atoms with E-state index in [4.69, 9.17) is 0 Å². The maximum atomic E-state index is 3.90. The second kappa shape index (κ2) is 4.67. The van der Waals surface area contributed by atoms with Crippen molar-refractivity contribution in [3.63, 3.8) is 0 Å². The van der Waals surface area contributed by atoms with Crippen LogP contribution in [0.2, 0.25) is 0 Å². The molecule has 3 unspecified atom stereocenters. The van der Waals surface area contributed by atoms with Crippen LogP contribution in [0.4, 0.5) is 0 Å². The highest BCUT2D eigenvalue weighted by atomic mass is 32.2. The standard InChI is InChI=1S/C13H25NS/c1-4-5-10-8-11(10)14-12-9-15-7-6-13(12,2)3/h10-12,14H,4-9H2,1-3H3. The molecule has 1 N–H and O–H groups in total. The predicted molar refractivity (Wildman–Crippen MR) is 69.4 cm³/mol. The van der Waals surface area contributed by atoms with Gasteiger partial charge in [0.15, 0.2) is 0 Å². The molecule has 0 radical (unpaired) electrons. The lowest BCUT2D eigenvalue weighted by atomic mass is 9.82. The molecule has 2 heteroatoms. The quantitative estimate of drug-likeness (QED) is 0.791. The van der Waals surface area contributed by atoms with E-state index in [0.29, 0.717) is 5.41 Å². The van der Waals surface area contributed by atoms with Crippen molar-refractivity contribution >= 4 is 11.8 Å². The Morgan fingerprint density at radius 2 is 2.20 bits per heavy atom. The van der Waals surface area contributed by atoms with Gasteiger partial charge in [-0.15, -0.1) is 0 Å². The minimum Gasteiger partial charge on any atom is -0.310 e. The fourth-order valence-electron chi connectivity index (χ4n) is 2.61. The number of hydrogen-bond acceptors (Lipinski definition) is 2. The first kappa shape index (κ1) is 11.8. The number of nitrogens with one attached hydrogen (secondary N) is 1. The van der Waals surface area contributed by atoms with Crippen LogP contribution < -0.4 is 5.32 Å². The van der Waals surface area contributed by atoms with Gasteiger partial charge in [0, 0.05) is 17.8 Å². The van der Waals surface area contributed by atoms with Crippen LogP contribution in [0.3, 0.4) is 0 Å². The van der Waals surface area contributed by atoms with Gasteiger partial charge in [-0.1, -0.05) is 27.2 Å². The average Bonchev–Trinajstić information content (AvgIpc) is 2.88. The molecule has 2 aliphatic rings. The summed E-state index contributed by atoms with van der Waals surface area (Å²) in [5, 5.41) is 3.90. The number of thioether (sulfide) groups is 1. The normalized spacial score (nSPS) is 39.0. The maximum Gasteiger partial charge on any atom is 0.0212 e. The third kappa shape index (κ3) is 2.91. The van der Waals surface area contributed by atoms with Crippen molar-refractivity contribution in [1.29, 1.82) is 0 Å². The van der Waals surface area contributed by atoms with Crippen molar-refractivity contribution < 1.29 is 0 Å². The fourth-order valence-corrected chi connectivity index (χ4v) is 4.23. The smallest absolute Gasteiger partial charge is 0.0212 e. The Morgan fingerprint density at radius 1 is 1.40 bits per heavy atom. The van der Waals surface area contributed by atoms with Gasteiger partial charge in [-0.25, -0.2) is 0 Å². The van der Waals surface area contributed by atoms with Crippen LogP contribution in [0, 0.1) is 11.3 Å². The molecule has 0 bridgehead atoms. The molecule has 1 heterocycles. The van der Waals surface area contributed by atoms with Gasteiger partial charge in [0.2, 0.25) is 0 Å². The average molecular weight is 227 g/mol. The summed E-state index contributed by atoms with van der Waals surface area (Å²) in [6.45, 7) is 7.17. The lowest BCUT2D eigenvalue weighted by Gasteiger charge is -2.39. The van der Waals surface area contributed by atoms with E-state index in [2.05, 4.69) is 37.8 Å². The maximum absolute atomic E-state index is 3.90. The van der Waals surface area contributed by atoms with Gasteiger partial charge in [-0.3, -0.25) is 0 Å². The third-order valence-corrected chi connectivity index (χ3v) is 5.18. The first-order valence-corrected chi connectivity index (χ1v) is 7.63. The van der Waals surface area contributed by atoms with Crippen LogP contribution in [0.5, 0.6) is 0 Å². The molecular formula is C13H25NS. The van der Waals surface area contributed by atoms with Gasteiger partial charge in [-0.2, -0.15) is 11.8 Å². The van der Waals surface area contributed by atoms with Crippen LogP contribution in [0.25, 0.3) is 0 Å². The van der Waals surface area contributed by atoms with Crippen molar-refractivity contribution in [2.24, 2.45) is 11.3 Å². The molecule has 1 saturated heterocycles. The molecule has 0 aromatic rings. The molecule has 1 saturated carbocycles. The van der Waals surface area contributed by atoms with Crippen LogP contribution in [0.1, 0.15) is 46.5 Å². The molecule has 1 aliphatic carbocycles. The van der Waals surface area contributed by atoms with Gasteiger partial charge in [0.1, 0.15) is 0 Å². The van der Waals surface area contributed by atoms with E-state index in [9.17, 15) is 0 Å². The molecular weight excluding hydrogens is 202 g/mol. The summed E-state index contributed by atoms with van der Waals surface area (Å²) in [4.78, 5) is 0. The minimum atomic E-state index is 0.518. The summed E-state index contributed by atoms with van der Waals surface area (Å²) in [5.41, 5.74) is 0.518. The van der Waals surface area contributed by atoms with E-state index in [-0.39, 0.29) is 0 Å². The van der Waals surface area contributed by atoms with Crippen LogP contribution in [-0.2, 0) is 0 Å². The minimum absolute atomic E-state index is 0.518. The Balaban J connectivity index is 1.79. The highest BCUT2D eigenvalue weighted by Gasteiger charge is 2.41. The Labute approximate surface area is 98.8 Å².